The number of anilines is 2. The van der Waals surface area contributed by atoms with Gasteiger partial charge in [0.2, 0.25) is 5.91 Å². The van der Waals surface area contributed by atoms with Crippen LogP contribution in [0.3, 0.4) is 0 Å². The van der Waals surface area contributed by atoms with Gasteiger partial charge < -0.3 is 15.4 Å². The third-order valence-corrected chi connectivity index (χ3v) is 7.98. The molecule has 2 aliphatic heterocycles. The fraction of sp³-hybridized carbons (Fsp3) is 0.333. The zero-order valence-electron chi connectivity index (χ0n) is 16.5. The Morgan fingerprint density at radius 1 is 1.10 bits per heavy atom. The van der Waals surface area contributed by atoms with Crippen LogP contribution in [0.25, 0.3) is 0 Å². The van der Waals surface area contributed by atoms with Gasteiger partial charge in [0.15, 0.2) is 15.0 Å². The van der Waals surface area contributed by atoms with Crippen LogP contribution in [-0.2, 0) is 21.1 Å². The lowest BCUT2D eigenvalue weighted by Crippen LogP contribution is -2.14. The summed E-state index contributed by atoms with van der Waals surface area (Å²) >= 11 is 1.49. The number of sulfone groups is 1. The number of amidine groups is 1. The molecular formula is C21H23N3O4S2. The number of rotatable bonds is 6. The minimum atomic E-state index is -2.95. The average molecular weight is 446 g/mol. The summed E-state index contributed by atoms with van der Waals surface area (Å²) in [4.78, 5) is 16.8. The van der Waals surface area contributed by atoms with Gasteiger partial charge in [0.1, 0.15) is 5.75 Å². The molecule has 0 unspecified atom stereocenters. The molecule has 0 radical (unpaired) electrons. The zero-order valence-corrected chi connectivity index (χ0v) is 18.1. The van der Waals surface area contributed by atoms with Gasteiger partial charge in [-0.25, -0.2) is 8.42 Å². The van der Waals surface area contributed by atoms with Crippen molar-refractivity contribution >= 4 is 44.0 Å². The highest BCUT2D eigenvalue weighted by Crippen LogP contribution is 2.34. The van der Waals surface area contributed by atoms with Gasteiger partial charge in [0.25, 0.3) is 0 Å². The zero-order chi connectivity index (χ0) is 21.1. The molecule has 2 heterocycles. The van der Waals surface area contributed by atoms with Crippen LogP contribution in [0.4, 0.5) is 11.4 Å². The first-order chi connectivity index (χ1) is 14.4. The molecule has 158 valence electrons. The van der Waals surface area contributed by atoms with Crippen LogP contribution in [0.15, 0.2) is 53.5 Å². The standard InChI is InChI=1S/C21H23N3O4S2/c1-2-28-17-9-7-15(8-10-17)22-20(25)11-14-3-5-16(6-4-14)23-21-24-18-12-30(26,27)13-19(18)29-21/h3-10,18-19H,2,11-13H2,1H3,(H,22,25)(H,23,24)/t18-,19-/m1/s1. The van der Waals surface area contributed by atoms with Crippen molar-refractivity contribution in [2.75, 3.05) is 28.7 Å². The lowest BCUT2D eigenvalue weighted by Gasteiger charge is -2.09. The van der Waals surface area contributed by atoms with E-state index in [2.05, 4.69) is 15.6 Å². The summed E-state index contributed by atoms with van der Waals surface area (Å²) in [7, 11) is -2.95. The van der Waals surface area contributed by atoms with E-state index in [-0.39, 0.29) is 35.1 Å². The van der Waals surface area contributed by atoms with E-state index in [4.69, 9.17) is 4.74 Å². The van der Waals surface area contributed by atoms with Gasteiger partial charge in [-0.3, -0.25) is 9.79 Å². The highest BCUT2D eigenvalue weighted by atomic mass is 32.2. The van der Waals surface area contributed by atoms with E-state index < -0.39 is 9.84 Å². The summed E-state index contributed by atoms with van der Waals surface area (Å²) < 4.78 is 28.7. The molecule has 2 aromatic carbocycles. The Morgan fingerprint density at radius 2 is 1.80 bits per heavy atom. The number of hydrogen-bond acceptors (Lipinski definition) is 7. The molecule has 2 atom stereocenters. The first-order valence-electron chi connectivity index (χ1n) is 9.74. The molecule has 30 heavy (non-hydrogen) atoms. The predicted molar refractivity (Wildman–Crippen MR) is 121 cm³/mol. The SMILES string of the molecule is CCOc1ccc(NC(=O)Cc2ccc(NC3=N[C@@H]4CS(=O)(=O)C[C@H]4S3)cc2)cc1. The van der Waals surface area contributed by atoms with Gasteiger partial charge >= 0.3 is 0 Å². The normalized spacial score (nSPS) is 21.6. The van der Waals surface area contributed by atoms with Crippen molar-refractivity contribution in [1.82, 2.24) is 0 Å². The van der Waals surface area contributed by atoms with Crippen molar-refractivity contribution in [2.45, 2.75) is 24.6 Å². The number of carbonyl (C=O) groups is 1. The number of amides is 1. The summed E-state index contributed by atoms with van der Waals surface area (Å²) in [5.74, 6) is 1.01. The monoisotopic (exact) mass is 445 g/mol. The number of fused-ring (bicyclic) bond motifs is 1. The maximum Gasteiger partial charge on any atom is 0.228 e. The Bertz CT molecular complexity index is 1050. The maximum atomic E-state index is 12.3. The number of ether oxygens (including phenoxy) is 1. The maximum absolute atomic E-state index is 12.3. The number of aliphatic imine (C=N–C) groups is 1. The Labute approximate surface area is 180 Å². The van der Waals surface area contributed by atoms with Crippen molar-refractivity contribution in [1.29, 1.82) is 0 Å². The fourth-order valence-electron chi connectivity index (χ4n) is 3.44. The van der Waals surface area contributed by atoms with E-state index in [0.29, 0.717) is 6.61 Å². The highest BCUT2D eigenvalue weighted by molar-refractivity contribution is 8.15. The molecule has 0 aliphatic carbocycles. The molecule has 0 spiro atoms. The van der Waals surface area contributed by atoms with E-state index in [1.54, 1.807) is 0 Å². The Hall–Kier alpha value is -2.52. The van der Waals surface area contributed by atoms with Crippen LogP contribution < -0.4 is 15.4 Å². The van der Waals surface area contributed by atoms with Crippen LogP contribution in [-0.4, -0.2) is 48.9 Å². The van der Waals surface area contributed by atoms with Crippen LogP contribution in [0.5, 0.6) is 5.75 Å². The van der Waals surface area contributed by atoms with E-state index in [1.165, 1.54) is 11.8 Å². The summed E-state index contributed by atoms with van der Waals surface area (Å²) in [6.45, 7) is 2.53. The van der Waals surface area contributed by atoms with E-state index in [9.17, 15) is 13.2 Å². The second-order valence-corrected chi connectivity index (χ2v) is 10.6. The lowest BCUT2D eigenvalue weighted by atomic mass is 10.1. The molecule has 1 fully saturated rings. The summed E-state index contributed by atoms with van der Waals surface area (Å²) in [6, 6.07) is 14.7. The van der Waals surface area contributed by atoms with Gasteiger partial charge in [0.05, 0.1) is 30.6 Å². The Kier molecular flexibility index (Phi) is 6.01. The third-order valence-electron chi connectivity index (χ3n) is 4.84. The average Bonchev–Trinajstić information content (AvgIpc) is 3.17. The van der Waals surface area contributed by atoms with Gasteiger partial charge in [-0.05, 0) is 48.9 Å². The van der Waals surface area contributed by atoms with Gasteiger partial charge in [-0.2, -0.15) is 0 Å². The van der Waals surface area contributed by atoms with E-state index >= 15 is 0 Å². The smallest absolute Gasteiger partial charge is 0.228 e. The van der Waals surface area contributed by atoms with Crippen LogP contribution in [0.2, 0.25) is 0 Å². The first-order valence-corrected chi connectivity index (χ1v) is 12.4. The van der Waals surface area contributed by atoms with Crippen LogP contribution in [0, 0.1) is 0 Å². The second-order valence-electron chi connectivity index (χ2n) is 7.24. The summed E-state index contributed by atoms with van der Waals surface area (Å²) in [5, 5.41) is 6.89. The lowest BCUT2D eigenvalue weighted by molar-refractivity contribution is -0.115. The second kappa shape index (κ2) is 8.69. The van der Waals surface area contributed by atoms with Crippen molar-refractivity contribution < 1.29 is 17.9 Å². The van der Waals surface area contributed by atoms with Crippen LogP contribution >= 0.6 is 11.8 Å². The molecule has 9 heteroatoms. The van der Waals surface area contributed by atoms with Crippen molar-refractivity contribution in [3.8, 4) is 5.75 Å². The van der Waals surface area contributed by atoms with E-state index in [0.717, 1.165) is 27.9 Å². The number of nitrogens with zero attached hydrogens (tertiary/aromatic N) is 1. The third kappa shape index (κ3) is 5.14. The van der Waals surface area contributed by atoms with Crippen LogP contribution in [0.1, 0.15) is 12.5 Å². The van der Waals surface area contributed by atoms with Gasteiger partial charge in [0, 0.05) is 16.6 Å². The Morgan fingerprint density at radius 3 is 2.47 bits per heavy atom. The molecule has 0 bridgehead atoms. The molecule has 7 nitrogen and oxygen atoms in total. The van der Waals surface area contributed by atoms with E-state index in [1.807, 2.05) is 55.5 Å². The first kappa shape index (κ1) is 20.7. The molecule has 1 amide bonds. The van der Waals surface area contributed by atoms with Gasteiger partial charge in [-0.15, -0.1) is 0 Å². The molecule has 2 N–H and O–H groups in total. The predicted octanol–water partition coefficient (Wildman–Crippen LogP) is 2.95. The van der Waals surface area contributed by atoms with Gasteiger partial charge in [-0.1, -0.05) is 23.9 Å². The number of nitrogens with one attached hydrogen (secondary N) is 2. The van der Waals surface area contributed by atoms with Crippen molar-refractivity contribution in [3.05, 3.63) is 54.1 Å². The highest BCUT2D eigenvalue weighted by Gasteiger charge is 2.42. The topological polar surface area (TPSA) is 96.9 Å². The Balaban J connectivity index is 1.29. The molecular weight excluding hydrogens is 422 g/mol. The summed E-state index contributed by atoms with van der Waals surface area (Å²) in [6.07, 6.45) is 0.269. The number of carbonyl (C=O) groups excluding carboxylic acids is 1. The van der Waals surface area contributed by atoms with Crippen molar-refractivity contribution in [3.63, 3.8) is 0 Å². The molecule has 2 aromatic rings. The molecule has 2 aliphatic rings. The largest absolute Gasteiger partial charge is 0.494 e. The number of benzene rings is 2. The summed E-state index contributed by atoms with van der Waals surface area (Å²) in [5.41, 5.74) is 2.48. The minimum absolute atomic E-state index is 0.0167. The molecule has 0 saturated carbocycles. The minimum Gasteiger partial charge on any atom is -0.494 e. The molecule has 0 aromatic heterocycles. The number of hydrogen-bond donors (Lipinski definition) is 2. The fourth-order valence-corrected chi connectivity index (χ4v) is 7.11. The quantitative estimate of drug-likeness (QED) is 0.710. The number of thioether (sulfide) groups is 1. The molecule has 1 saturated heterocycles. The molecule has 4 rings (SSSR count). The van der Waals surface area contributed by atoms with Crippen molar-refractivity contribution in [2.24, 2.45) is 4.99 Å².